The van der Waals surface area contributed by atoms with Crippen molar-refractivity contribution in [1.29, 1.82) is 0 Å². The second-order valence-electron chi connectivity index (χ2n) is 4.08. The van der Waals surface area contributed by atoms with Crippen LogP contribution >= 0.6 is 15.9 Å². The molecule has 1 aromatic heterocycles. The van der Waals surface area contributed by atoms with E-state index in [4.69, 9.17) is 5.73 Å². The van der Waals surface area contributed by atoms with Gasteiger partial charge >= 0.3 is 0 Å². The van der Waals surface area contributed by atoms with Crippen molar-refractivity contribution in [3.63, 3.8) is 0 Å². The number of aliphatic hydroxyl groups is 1. The summed E-state index contributed by atoms with van der Waals surface area (Å²) in [7, 11) is 0. The van der Waals surface area contributed by atoms with Crippen molar-refractivity contribution in [2.45, 2.75) is 25.4 Å². The van der Waals surface area contributed by atoms with Gasteiger partial charge in [-0.3, -0.25) is 0 Å². The van der Waals surface area contributed by atoms with Gasteiger partial charge in [-0.1, -0.05) is 6.42 Å². The lowest BCUT2D eigenvalue weighted by Crippen LogP contribution is -2.22. The number of nitrogens with zero attached hydrogens (tertiary/aromatic N) is 2. The van der Waals surface area contributed by atoms with E-state index in [0.29, 0.717) is 28.8 Å². The summed E-state index contributed by atoms with van der Waals surface area (Å²) >= 11 is 3.26. The fourth-order valence-corrected chi connectivity index (χ4v) is 2.39. The minimum Gasteiger partial charge on any atom is -0.393 e. The minimum atomic E-state index is -0.197. The third-order valence-corrected chi connectivity index (χ3v) is 3.26. The standard InChI is InChI=1S/C10H15BrN4O/c11-8-4-9(12)15-10(14-8)13-5-6-2-1-3-7(6)16/h4,6-7,16H,1-3,5H2,(H3,12,13,14,15). The molecule has 0 aliphatic heterocycles. The van der Waals surface area contributed by atoms with Crippen molar-refractivity contribution in [3.05, 3.63) is 10.7 Å². The van der Waals surface area contributed by atoms with Crippen molar-refractivity contribution >= 4 is 27.7 Å². The van der Waals surface area contributed by atoms with Gasteiger partial charge in [-0.2, -0.15) is 4.98 Å². The van der Waals surface area contributed by atoms with Gasteiger partial charge in [-0.05, 0) is 28.8 Å². The second kappa shape index (κ2) is 4.97. The van der Waals surface area contributed by atoms with Crippen molar-refractivity contribution in [3.8, 4) is 0 Å². The molecule has 4 N–H and O–H groups in total. The maximum absolute atomic E-state index is 9.66. The molecule has 1 aliphatic rings. The molecule has 0 radical (unpaired) electrons. The molecule has 1 aliphatic carbocycles. The zero-order valence-electron chi connectivity index (χ0n) is 8.86. The number of nitrogens with one attached hydrogen (secondary N) is 1. The maximum atomic E-state index is 9.66. The summed E-state index contributed by atoms with van der Waals surface area (Å²) in [6.45, 7) is 0.692. The first-order chi connectivity index (χ1) is 7.65. The van der Waals surface area contributed by atoms with Crippen LogP contribution in [-0.2, 0) is 0 Å². The fraction of sp³-hybridized carbons (Fsp3) is 0.600. The Morgan fingerprint density at radius 3 is 2.94 bits per heavy atom. The molecule has 2 rings (SSSR count). The Hall–Kier alpha value is -0.880. The van der Waals surface area contributed by atoms with Crippen molar-refractivity contribution in [1.82, 2.24) is 9.97 Å². The van der Waals surface area contributed by atoms with Crippen LogP contribution in [0.3, 0.4) is 0 Å². The highest BCUT2D eigenvalue weighted by atomic mass is 79.9. The van der Waals surface area contributed by atoms with Crippen LogP contribution in [0.25, 0.3) is 0 Å². The molecular weight excluding hydrogens is 272 g/mol. The predicted molar refractivity (Wildman–Crippen MR) is 66.0 cm³/mol. The van der Waals surface area contributed by atoms with Crippen LogP contribution in [0.4, 0.5) is 11.8 Å². The number of aliphatic hydroxyl groups excluding tert-OH is 1. The Kier molecular flexibility index (Phi) is 3.60. The van der Waals surface area contributed by atoms with E-state index in [9.17, 15) is 5.11 Å². The number of hydrogen-bond acceptors (Lipinski definition) is 5. The first-order valence-electron chi connectivity index (χ1n) is 5.37. The van der Waals surface area contributed by atoms with E-state index in [1.165, 1.54) is 0 Å². The number of anilines is 2. The molecule has 0 amide bonds. The van der Waals surface area contributed by atoms with E-state index in [-0.39, 0.29) is 6.10 Å². The predicted octanol–water partition coefficient (Wildman–Crippen LogP) is 1.39. The third kappa shape index (κ3) is 2.82. The maximum Gasteiger partial charge on any atom is 0.225 e. The highest BCUT2D eigenvalue weighted by Crippen LogP contribution is 2.25. The summed E-state index contributed by atoms with van der Waals surface area (Å²) in [4.78, 5) is 8.22. The lowest BCUT2D eigenvalue weighted by atomic mass is 10.1. The molecule has 0 spiro atoms. The number of halogens is 1. The number of rotatable bonds is 3. The molecular formula is C10H15BrN4O. The molecule has 0 aromatic carbocycles. The Labute approximate surface area is 103 Å². The SMILES string of the molecule is Nc1cc(Br)nc(NCC2CCCC2O)n1. The zero-order chi connectivity index (χ0) is 11.5. The highest BCUT2D eigenvalue weighted by molar-refractivity contribution is 9.10. The van der Waals surface area contributed by atoms with E-state index >= 15 is 0 Å². The molecule has 0 saturated heterocycles. The average molecular weight is 287 g/mol. The van der Waals surface area contributed by atoms with Gasteiger partial charge in [0.2, 0.25) is 5.95 Å². The summed E-state index contributed by atoms with van der Waals surface area (Å²) in [5.74, 6) is 1.23. The lowest BCUT2D eigenvalue weighted by Gasteiger charge is -2.15. The summed E-state index contributed by atoms with van der Waals surface area (Å²) in [5, 5.41) is 12.8. The van der Waals surface area contributed by atoms with Gasteiger partial charge in [-0.25, -0.2) is 4.98 Å². The number of nitrogen functional groups attached to an aromatic ring is 1. The molecule has 5 nitrogen and oxygen atoms in total. The lowest BCUT2D eigenvalue weighted by molar-refractivity contribution is 0.138. The van der Waals surface area contributed by atoms with Crippen molar-refractivity contribution < 1.29 is 5.11 Å². The molecule has 1 heterocycles. The van der Waals surface area contributed by atoms with Gasteiger partial charge in [0.25, 0.3) is 0 Å². The quantitative estimate of drug-likeness (QED) is 0.732. The van der Waals surface area contributed by atoms with Crippen molar-refractivity contribution in [2.24, 2.45) is 5.92 Å². The smallest absolute Gasteiger partial charge is 0.225 e. The molecule has 1 saturated carbocycles. The van der Waals surface area contributed by atoms with E-state index in [2.05, 4.69) is 31.2 Å². The van der Waals surface area contributed by atoms with Gasteiger partial charge in [0, 0.05) is 18.5 Å². The van der Waals surface area contributed by atoms with Crippen LogP contribution in [0.2, 0.25) is 0 Å². The van der Waals surface area contributed by atoms with Gasteiger partial charge in [-0.15, -0.1) is 0 Å². The normalized spacial score (nSPS) is 24.6. The Morgan fingerprint density at radius 1 is 1.50 bits per heavy atom. The molecule has 1 aromatic rings. The molecule has 2 atom stereocenters. The second-order valence-corrected chi connectivity index (χ2v) is 4.89. The van der Waals surface area contributed by atoms with E-state index < -0.39 is 0 Å². The average Bonchev–Trinajstić information content (AvgIpc) is 2.59. The van der Waals surface area contributed by atoms with Gasteiger partial charge < -0.3 is 16.2 Å². The van der Waals surface area contributed by atoms with E-state index in [0.717, 1.165) is 19.3 Å². The molecule has 2 unspecified atom stereocenters. The van der Waals surface area contributed by atoms with Crippen LogP contribution in [0.15, 0.2) is 10.7 Å². The van der Waals surface area contributed by atoms with E-state index in [1.54, 1.807) is 6.07 Å². The van der Waals surface area contributed by atoms with Crippen molar-refractivity contribution in [2.75, 3.05) is 17.6 Å². The Bertz CT molecular complexity index is 354. The van der Waals surface area contributed by atoms with Crippen LogP contribution < -0.4 is 11.1 Å². The topological polar surface area (TPSA) is 84.1 Å². The van der Waals surface area contributed by atoms with Gasteiger partial charge in [0.05, 0.1) is 6.10 Å². The van der Waals surface area contributed by atoms with Crippen LogP contribution in [0, 0.1) is 5.92 Å². The summed E-state index contributed by atoms with van der Waals surface area (Å²) in [6.07, 6.45) is 2.84. The molecule has 0 bridgehead atoms. The summed E-state index contributed by atoms with van der Waals surface area (Å²) < 4.78 is 0.662. The highest BCUT2D eigenvalue weighted by Gasteiger charge is 2.24. The van der Waals surface area contributed by atoms with Crippen LogP contribution in [-0.4, -0.2) is 27.7 Å². The first kappa shape index (κ1) is 11.6. The number of nitrogens with two attached hydrogens (primary N) is 1. The van der Waals surface area contributed by atoms with Crippen LogP contribution in [0.5, 0.6) is 0 Å². The minimum absolute atomic E-state index is 0.197. The van der Waals surface area contributed by atoms with Gasteiger partial charge in [0.15, 0.2) is 0 Å². The monoisotopic (exact) mass is 286 g/mol. The molecule has 16 heavy (non-hydrogen) atoms. The van der Waals surface area contributed by atoms with Crippen LogP contribution in [0.1, 0.15) is 19.3 Å². The fourth-order valence-electron chi connectivity index (χ4n) is 1.99. The molecule has 1 fully saturated rings. The zero-order valence-corrected chi connectivity index (χ0v) is 10.4. The first-order valence-corrected chi connectivity index (χ1v) is 6.16. The molecule has 6 heteroatoms. The van der Waals surface area contributed by atoms with Gasteiger partial charge in [0.1, 0.15) is 10.4 Å². The summed E-state index contributed by atoms with van der Waals surface area (Å²) in [5.41, 5.74) is 5.60. The largest absolute Gasteiger partial charge is 0.393 e. The number of hydrogen-bond donors (Lipinski definition) is 3. The number of aromatic nitrogens is 2. The third-order valence-electron chi connectivity index (χ3n) is 2.86. The summed E-state index contributed by atoms with van der Waals surface area (Å²) in [6, 6.07) is 1.65. The van der Waals surface area contributed by atoms with E-state index in [1.807, 2.05) is 0 Å². The molecule has 88 valence electrons. The Morgan fingerprint density at radius 2 is 2.31 bits per heavy atom. The Balaban J connectivity index is 1.94.